The zero-order valence-electron chi connectivity index (χ0n) is 10.6. The van der Waals surface area contributed by atoms with Crippen molar-refractivity contribution in [2.45, 2.75) is 44.6 Å². The summed E-state index contributed by atoms with van der Waals surface area (Å²) in [5.41, 5.74) is 0. The van der Waals surface area contributed by atoms with Gasteiger partial charge in [0, 0.05) is 13.0 Å². The molecule has 1 aliphatic carbocycles. The van der Waals surface area contributed by atoms with E-state index in [1.807, 2.05) is 7.05 Å². The fraction of sp³-hybridized carbons (Fsp3) is 0.917. The molecule has 0 aromatic heterocycles. The van der Waals surface area contributed by atoms with Gasteiger partial charge in [-0.2, -0.15) is 0 Å². The van der Waals surface area contributed by atoms with Gasteiger partial charge >= 0.3 is 0 Å². The van der Waals surface area contributed by atoms with Gasteiger partial charge in [0.25, 0.3) is 0 Å². The van der Waals surface area contributed by atoms with Crippen molar-refractivity contribution in [2.75, 3.05) is 20.1 Å². The molecule has 0 bridgehead atoms. The van der Waals surface area contributed by atoms with E-state index in [0.717, 1.165) is 25.8 Å². The third kappa shape index (κ3) is 6.86. The highest BCUT2D eigenvalue weighted by molar-refractivity contribution is 5.85. The Kier molecular flexibility index (Phi) is 9.50. The summed E-state index contributed by atoms with van der Waals surface area (Å²) in [4.78, 5) is 11.4. The molecule has 17 heavy (non-hydrogen) atoms. The van der Waals surface area contributed by atoms with Gasteiger partial charge < -0.3 is 15.7 Å². The quantitative estimate of drug-likeness (QED) is 0.603. The third-order valence-corrected chi connectivity index (χ3v) is 3.28. The predicted molar refractivity (Wildman–Crippen MR) is 71.4 cm³/mol. The van der Waals surface area contributed by atoms with Crippen LogP contribution in [-0.2, 0) is 4.79 Å². The molecule has 0 radical (unpaired) electrons. The van der Waals surface area contributed by atoms with E-state index in [1.165, 1.54) is 12.8 Å². The van der Waals surface area contributed by atoms with Crippen molar-refractivity contribution in [1.82, 2.24) is 10.6 Å². The summed E-state index contributed by atoms with van der Waals surface area (Å²) in [6, 6.07) is 0. The van der Waals surface area contributed by atoms with E-state index in [4.69, 9.17) is 0 Å². The zero-order valence-corrected chi connectivity index (χ0v) is 11.4. The number of nitrogens with one attached hydrogen (secondary N) is 2. The minimum absolute atomic E-state index is 0. The van der Waals surface area contributed by atoms with Crippen LogP contribution in [0.1, 0.15) is 38.5 Å². The standard InChI is InChI=1S/C12H24N2O2.ClH/c1-13-8-4-7-12(16)14-9-11(15)10-5-2-3-6-10;/h10-11,13,15H,2-9H2,1H3,(H,14,16);1H. The number of aliphatic hydroxyl groups excluding tert-OH is 1. The summed E-state index contributed by atoms with van der Waals surface area (Å²) in [5, 5.41) is 15.6. The highest BCUT2D eigenvalue weighted by atomic mass is 35.5. The molecule has 1 rings (SSSR count). The van der Waals surface area contributed by atoms with Crippen LogP contribution in [0.25, 0.3) is 0 Å². The van der Waals surface area contributed by atoms with E-state index in [2.05, 4.69) is 10.6 Å². The first-order chi connectivity index (χ1) is 7.74. The predicted octanol–water partition coefficient (Wildman–Crippen LogP) is 1.08. The monoisotopic (exact) mass is 264 g/mol. The van der Waals surface area contributed by atoms with Gasteiger partial charge in [0.2, 0.25) is 5.91 Å². The average Bonchev–Trinajstić information content (AvgIpc) is 2.79. The van der Waals surface area contributed by atoms with Gasteiger partial charge in [0.05, 0.1) is 6.10 Å². The molecule has 0 saturated heterocycles. The minimum atomic E-state index is -0.351. The van der Waals surface area contributed by atoms with Crippen molar-refractivity contribution in [3.63, 3.8) is 0 Å². The highest BCUT2D eigenvalue weighted by Gasteiger charge is 2.23. The molecule has 0 aliphatic heterocycles. The summed E-state index contributed by atoms with van der Waals surface area (Å²) in [6.45, 7) is 1.28. The third-order valence-electron chi connectivity index (χ3n) is 3.28. The smallest absolute Gasteiger partial charge is 0.220 e. The number of carbonyl (C=O) groups excluding carboxylic acids is 1. The van der Waals surface area contributed by atoms with Gasteiger partial charge in [-0.25, -0.2) is 0 Å². The average molecular weight is 265 g/mol. The Morgan fingerprint density at radius 1 is 1.41 bits per heavy atom. The molecule has 102 valence electrons. The van der Waals surface area contributed by atoms with Crippen LogP contribution in [0.3, 0.4) is 0 Å². The molecule has 3 N–H and O–H groups in total. The molecule has 1 amide bonds. The van der Waals surface area contributed by atoms with E-state index >= 15 is 0 Å². The molecule has 0 heterocycles. The first-order valence-corrected chi connectivity index (χ1v) is 6.33. The number of hydrogen-bond acceptors (Lipinski definition) is 3. The number of amides is 1. The Labute approximate surface area is 110 Å². The topological polar surface area (TPSA) is 61.4 Å². The van der Waals surface area contributed by atoms with E-state index in [-0.39, 0.29) is 24.4 Å². The van der Waals surface area contributed by atoms with E-state index in [1.54, 1.807) is 0 Å². The second-order valence-corrected chi connectivity index (χ2v) is 4.62. The number of carbonyl (C=O) groups is 1. The summed E-state index contributed by atoms with van der Waals surface area (Å²) in [5.74, 6) is 0.449. The number of hydrogen-bond donors (Lipinski definition) is 3. The fourth-order valence-electron chi connectivity index (χ4n) is 2.24. The molecule has 0 spiro atoms. The van der Waals surface area contributed by atoms with Gasteiger partial charge in [0.1, 0.15) is 0 Å². The maximum Gasteiger partial charge on any atom is 0.220 e. The molecule has 4 nitrogen and oxygen atoms in total. The molecule has 5 heteroatoms. The van der Waals surface area contributed by atoms with Gasteiger partial charge in [-0.1, -0.05) is 12.8 Å². The minimum Gasteiger partial charge on any atom is -0.391 e. The largest absolute Gasteiger partial charge is 0.391 e. The van der Waals surface area contributed by atoms with Gasteiger partial charge in [-0.3, -0.25) is 4.79 Å². The van der Waals surface area contributed by atoms with Crippen molar-refractivity contribution in [3.05, 3.63) is 0 Å². The van der Waals surface area contributed by atoms with Crippen LogP contribution >= 0.6 is 12.4 Å². The summed E-state index contributed by atoms with van der Waals surface area (Å²) < 4.78 is 0. The lowest BCUT2D eigenvalue weighted by Gasteiger charge is -2.17. The molecule has 1 fully saturated rings. The molecular formula is C12H25ClN2O2. The Bertz CT molecular complexity index is 209. The maximum atomic E-state index is 11.4. The molecule has 0 aromatic carbocycles. The van der Waals surface area contributed by atoms with Gasteiger partial charge in [-0.05, 0) is 38.8 Å². The van der Waals surface area contributed by atoms with Crippen LogP contribution in [0.2, 0.25) is 0 Å². The first kappa shape index (κ1) is 16.7. The van der Waals surface area contributed by atoms with Crippen LogP contribution in [0.4, 0.5) is 0 Å². The number of rotatable bonds is 7. The normalized spacial score (nSPS) is 17.5. The van der Waals surface area contributed by atoms with Crippen LogP contribution < -0.4 is 10.6 Å². The number of aliphatic hydroxyl groups is 1. The molecule has 1 atom stereocenters. The molecule has 0 aromatic rings. The lowest BCUT2D eigenvalue weighted by molar-refractivity contribution is -0.121. The summed E-state index contributed by atoms with van der Waals surface area (Å²) in [7, 11) is 1.88. The second kappa shape index (κ2) is 9.68. The Morgan fingerprint density at radius 2 is 2.06 bits per heavy atom. The van der Waals surface area contributed by atoms with Crippen LogP contribution in [0.5, 0.6) is 0 Å². The first-order valence-electron chi connectivity index (χ1n) is 6.33. The van der Waals surface area contributed by atoms with Crippen LogP contribution in [0.15, 0.2) is 0 Å². The maximum absolute atomic E-state index is 11.4. The molecule has 1 saturated carbocycles. The lowest BCUT2D eigenvalue weighted by atomic mass is 10.0. The van der Waals surface area contributed by atoms with Gasteiger partial charge in [0.15, 0.2) is 0 Å². The van der Waals surface area contributed by atoms with Crippen LogP contribution in [0, 0.1) is 5.92 Å². The molecule has 1 unspecified atom stereocenters. The van der Waals surface area contributed by atoms with E-state index < -0.39 is 0 Å². The second-order valence-electron chi connectivity index (χ2n) is 4.62. The van der Waals surface area contributed by atoms with E-state index in [0.29, 0.717) is 18.9 Å². The Hall–Kier alpha value is -0.320. The van der Waals surface area contributed by atoms with Crippen LogP contribution in [-0.4, -0.2) is 37.3 Å². The Morgan fingerprint density at radius 3 is 2.65 bits per heavy atom. The van der Waals surface area contributed by atoms with Crippen molar-refractivity contribution in [2.24, 2.45) is 5.92 Å². The SMILES string of the molecule is CNCCCC(=O)NCC(O)C1CCCC1.Cl. The van der Waals surface area contributed by atoms with E-state index in [9.17, 15) is 9.90 Å². The summed E-state index contributed by atoms with van der Waals surface area (Å²) in [6.07, 6.45) is 5.69. The summed E-state index contributed by atoms with van der Waals surface area (Å²) >= 11 is 0. The lowest BCUT2D eigenvalue weighted by Crippen LogP contribution is -2.35. The number of halogens is 1. The molecular weight excluding hydrogens is 240 g/mol. The molecule has 1 aliphatic rings. The van der Waals surface area contributed by atoms with Crippen molar-refractivity contribution >= 4 is 18.3 Å². The fourth-order valence-corrected chi connectivity index (χ4v) is 2.24. The zero-order chi connectivity index (χ0) is 11.8. The van der Waals surface area contributed by atoms with Crippen molar-refractivity contribution < 1.29 is 9.90 Å². The van der Waals surface area contributed by atoms with Gasteiger partial charge in [-0.15, -0.1) is 12.4 Å². The highest BCUT2D eigenvalue weighted by Crippen LogP contribution is 2.27. The van der Waals surface area contributed by atoms with Crippen molar-refractivity contribution in [1.29, 1.82) is 0 Å². The Balaban J connectivity index is 0.00000256. The van der Waals surface area contributed by atoms with Crippen molar-refractivity contribution in [3.8, 4) is 0 Å².